The molecular formula is C14H14N4O4. The maximum atomic E-state index is 12.3. The van der Waals surface area contributed by atoms with Gasteiger partial charge in [-0.25, -0.2) is 4.98 Å². The van der Waals surface area contributed by atoms with E-state index in [1.54, 1.807) is 0 Å². The zero-order valence-electron chi connectivity index (χ0n) is 11.7. The summed E-state index contributed by atoms with van der Waals surface area (Å²) in [7, 11) is 0. The highest BCUT2D eigenvalue weighted by Crippen LogP contribution is 2.27. The second kappa shape index (κ2) is 5.55. The molecule has 0 unspecified atom stereocenters. The Morgan fingerprint density at radius 1 is 1.45 bits per heavy atom. The molecule has 1 amide bonds. The zero-order valence-corrected chi connectivity index (χ0v) is 11.7. The van der Waals surface area contributed by atoms with Crippen molar-refractivity contribution in [2.45, 2.75) is 19.4 Å². The summed E-state index contributed by atoms with van der Waals surface area (Å²) in [6.45, 7) is 0.534. The summed E-state index contributed by atoms with van der Waals surface area (Å²) in [5.41, 5.74) is -0.269. The summed E-state index contributed by atoms with van der Waals surface area (Å²) in [5.74, 6) is 0.327. The van der Waals surface area contributed by atoms with E-state index in [2.05, 4.69) is 10.3 Å². The van der Waals surface area contributed by atoms with E-state index in [9.17, 15) is 19.7 Å². The first-order chi connectivity index (χ1) is 10.5. The average molecular weight is 302 g/mol. The lowest BCUT2D eigenvalue weighted by Gasteiger charge is -2.07. The summed E-state index contributed by atoms with van der Waals surface area (Å²) in [5, 5.41) is 13.7. The monoisotopic (exact) mass is 302 g/mol. The van der Waals surface area contributed by atoms with Gasteiger partial charge in [0.1, 0.15) is 6.54 Å². The molecule has 0 aliphatic heterocycles. The summed E-state index contributed by atoms with van der Waals surface area (Å²) < 4.78 is 1.20. The third-order valence-corrected chi connectivity index (χ3v) is 3.62. The van der Waals surface area contributed by atoms with Crippen molar-refractivity contribution in [1.82, 2.24) is 14.9 Å². The van der Waals surface area contributed by atoms with Gasteiger partial charge in [0.2, 0.25) is 5.91 Å². The number of fused-ring (bicyclic) bond motifs is 1. The predicted octanol–water partition coefficient (Wildman–Crippen LogP) is 0.831. The normalized spacial score (nSPS) is 14.0. The fourth-order valence-corrected chi connectivity index (χ4v) is 2.16. The van der Waals surface area contributed by atoms with Gasteiger partial charge in [0, 0.05) is 18.7 Å². The third kappa shape index (κ3) is 2.95. The smallest absolute Gasteiger partial charge is 0.271 e. The number of nitrogens with zero attached hydrogens (tertiary/aromatic N) is 3. The van der Waals surface area contributed by atoms with E-state index in [0.29, 0.717) is 12.5 Å². The van der Waals surface area contributed by atoms with Crippen LogP contribution in [0, 0.1) is 16.0 Å². The van der Waals surface area contributed by atoms with E-state index < -0.39 is 4.92 Å². The Hall–Kier alpha value is -2.77. The van der Waals surface area contributed by atoms with Gasteiger partial charge in [-0.2, -0.15) is 0 Å². The number of non-ortho nitro benzene ring substituents is 1. The number of carbonyl (C=O) groups excluding carboxylic acids is 1. The van der Waals surface area contributed by atoms with Crippen molar-refractivity contribution < 1.29 is 9.72 Å². The Kier molecular flexibility index (Phi) is 3.58. The third-order valence-electron chi connectivity index (χ3n) is 3.62. The second-order valence-electron chi connectivity index (χ2n) is 5.38. The van der Waals surface area contributed by atoms with Crippen LogP contribution >= 0.6 is 0 Å². The Balaban J connectivity index is 1.83. The lowest BCUT2D eigenvalue weighted by molar-refractivity contribution is -0.384. The van der Waals surface area contributed by atoms with E-state index in [4.69, 9.17) is 0 Å². The molecule has 1 saturated carbocycles. The van der Waals surface area contributed by atoms with E-state index in [1.807, 2.05) is 0 Å². The number of hydrogen-bond donors (Lipinski definition) is 1. The Bertz CT molecular complexity index is 810. The van der Waals surface area contributed by atoms with Crippen LogP contribution in [0.1, 0.15) is 12.8 Å². The molecule has 0 atom stereocenters. The van der Waals surface area contributed by atoms with Crippen LogP contribution in [0.2, 0.25) is 0 Å². The van der Waals surface area contributed by atoms with Crippen molar-refractivity contribution in [1.29, 1.82) is 0 Å². The highest BCUT2D eigenvalue weighted by Gasteiger charge is 2.21. The molecule has 1 fully saturated rings. The Morgan fingerprint density at radius 3 is 2.91 bits per heavy atom. The number of hydrogen-bond acceptors (Lipinski definition) is 5. The molecule has 0 bridgehead atoms. The van der Waals surface area contributed by atoms with Gasteiger partial charge in [0.05, 0.1) is 22.2 Å². The van der Waals surface area contributed by atoms with Crippen LogP contribution < -0.4 is 10.9 Å². The molecule has 1 heterocycles. The van der Waals surface area contributed by atoms with Crippen molar-refractivity contribution in [3.05, 3.63) is 45.0 Å². The highest BCUT2D eigenvalue weighted by molar-refractivity contribution is 5.80. The number of carbonyl (C=O) groups is 1. The van der Waals surface area contributed by atoms with Crippen molar-refractivity contribution in [3.8, 4) is 0 Å². The van der Waals surface area contributed by atoms with E-state index >= 15 is 0 Å². The van der Waals surface area contributed by atoms with Crippen molar-refractivity contribution in [2.24, 2.45) is 5.92 Å². The van der Waals surface area contributed by atoms with Crippen molar-refractivity contribution in [2.75, 3.05) is 6.54 Å². The molecule has 1 N–H and O–H groups in total. The van der Waals surface area contributed by atoms with Crippen LogP contribution in [0.5, 0.6) is 0 Å². The molecule has 1 aromatic heterocycles. The number of benzene rings is 1. The number of nitro groups is 1. The van der Waals surface area contributed by atoms with Gasteiger partial charge in [-0.1, -0.05) is 0 Å². The first-order valence-electron chi connectivity index (χ1n) is 6.95. The molecule has 1 aromatic carbocycles. The maximum Gasteiger partial charge on any atom is 0.271 e. The molecule has 8 nitrogen and oxygen atoms in total. The van der Waals surface area contributed by atoms with Crippen molar-refractivity contribution >= 4 is 22.5 Å². The van der Waals surface area contributed by atoms with Gasteiger partial charge >= 0.3 is 0 Å². The highest BCUT2D eigenvalue weighted by atomic mass is 16.6. The molecule has 22 heavy (non-hydrogen) atoms. The number of rotatable bonds is 5. The van der Waals surface area contributed by atoms with Crippen LogP contribution in [0.15, 0.2) is 29.3 Å². The van der Waals surface area contributed by atoms with Crippen LogP contribution in [0.25, 0.3) is 10.9 Å². The molecule has 0 radical (unpaired) electrons. The molecule has 0 spiro atoms. The second-order valence-corrected chi connectivity index (χ2v) is 5.38. The summed E-state index contributed by atoms with van der Waals surface area (Å²) in [4.78, 5) is 38.3. The standard InChI is InChI=1S/C14H14N4O4/c19-13(15-6-9-1-2-9)7-17-8-16-12-5-10(18(21)22)3-4-11(12)14(17)20/h3-5,8-9H,1-2,6-7H2,(H,15,19). The summed E-state index contributed by atoms with van der Waals surface area (Å²) >= 11 is 0. The van der Waals surface area contributed by atoms with Gasteiger partial charge in [-0.3, -0.25) is 24.3 Å². The van der Waals surface area contributed by atoms with E-state index in [0.717, 1.165) is 12.8 Å². The van der Waals surface area contributed by atoms with Gasteiger partial charge in [-0.15, -0.1) is 0 Å². The number of nitrogens with one attached hydrogen (secondary N) is 1. The van der Waals surface area contributed by atoms with Crippen LogP contribution in [0.4, 0.5) is 5.69 Å². The topological polar surface area (TPSA) is 107 Å². The zero-order chi connectivity index (χ0) is 15.7. The van der Waals surface area contributed by atoms with Gasteiger partial charge in [-0.05, 0) is 24.8 Å². The van der Waals surface area contributed by atoms with Crippen LogP contribution in [-0.2, 0) is 11.3 Å². The Morgan fingerprint density at radius 2 is 2.23 bits per heavy atom. The molecule has 114 valence electrons. The Labute approximate surface area is 124 Å². The summed E-state index contributed by atoms with van der Waals surface area (Å²) in [6.07, 6.45) is 3.51. The minimum absolute atomic E-state index is 0.106. The molecule has 1 aliphatic carbocycles. The van der Waals surface area contributed by atoms with Crippen LogP contribution in [-0.4, -0.2) is 26.9 Å². The number of amides is 1. The fraction of sp³-hybridized carbons (Fsp3) is 0.357. The van der Waals surface area contributed by atoms with Gasteiger partial charge in [0.25, 0.3) is 11.2 Å². The minimum Gasteiger partial charge on any atom is -0.354 e. The lowest BCUT2D eigenvalue weighted by atomic mass is 10.2. The van der Waals surface area contributed by atoms with E-state index in [-0.39, 0.29) is 34.6 Å². The van der Waals surface area contributed by atoms with Crippen molar-refractivity contribution in [3.63, 3.8) is 0 Å². The fourth-order valence-electron chi connectivity index (χ4n) is 2.16. The quantitative estimate of drug-likeness (QED) is 0.650. The number of nitro benzene ring substituents is 1. The molecule has 8 heteroatoms. The lowest BCUT2D eigenvalue weighted by Crippen LogP contribution is -2.33. The minimum atomic E-state index is -0.544. The molecule has 1 aliphatic rings. The molecular weight excluding hydrogens is 288 g/mol. The van der Waals surface area contributed by atoms with E-state index in [1.165, 1.54) is 29.1 Å². The molecule has 2 aromatic rings. The maximum absolute atomic E-state index is 12.3. The predicted molar refractivity (Wildman–Crippen MR) is 78.4 cm³/mol. The van der Waals surface area contributed by atoms with Gasteiger partial charge < -0.3 is 5.32 Å². The first-order valence-corrected chi connectivity index (χ1v) is 6.95. The van der Waals surface area contributed by atoms with Crippen LogP contribution in [0.3, 0.4) is 0 Å². The molecule has 3 rings (SSSR count). The first kappa shape index (κ1) is 14.2. The largest absolute Gasteiger partial charge is 0.354 e. The summed E-state index contributed by atoms with van der Waals surface area (Å²) in [6, 6.07) is 3.86. The van der Waals surface area contributed by atoms with Gasteiger partial charge in [0.15, 0.2) is 0 Å². The molecule has 0 saturated heterocycles. The number of aromatic nitrogens is 2. The SMILES string of the molecule is O=C(Cn1cnc2cc([N+](=O)[O-])ccc2c1=O)NCC1CC1. The average Bonchev–Trinajstić information content (AvgIpc) is 3.32.